The van der Waals surface area contributed by atoms with Crippen LogP contribution in [0.3, 0.4) is 0 Å². The van der Waals surface area contributed by atoms with Crippen molar-refractivity contribution >= 4 is 5.91 Å². The summed E-state index contributed by atoms with van der Waals surface area (Å²) in [6, 6.07) is 7.91. The van der Waals surface area contributed by atoms with E-state index < -0.39 is 0 Å². The third kappa shape index (κ3) is 4.39. The molecule has 25 heavy (non-hydrogen) atoms. The maximum absolute atomic E-state index is 12.6. The van der Waals surface area contributed by atoms with Gasteiger partial charge < -0.3 is 14.2 Å². The molecule has 1 aromatic heterocycles. The number of ether oxygens (including phenoxy) is 1. The molecule has 1 aromatic carbocycles. The second kappa shape index (κ2) is 7.70. The molecule has 0 bridgehead atoms. The Labute approximate surface area is 148 Å². The Morgan fingerprint density at radius 3 is 2.60 bits per heavy atom. The van der Waals surface area contributed by atoms with Gasteiger partial charge in [0.1, 0.15) is 11.5 Å². The molecule has 6 heteroatoms. The first-order valence-electron chi connectivity index (χ1n) is 8.61. The van der Waals surface area contributed by atoms with Gasteiger partial charge in [-0.15, -0.1) is 0 Å². The second-order valence-corrected chi connectivity index (χ2v) is 6.58. The average molecular weight is 343 g/mol. The van der Waals surface area contributed by atoms with Crippen molar-refractivity contribution in [3.05, 3.63) is 46.8 Å². The number of aromatic nitrogens is 1. The number of nitrogens with zero attached hydrogens (tertiary/aromatic N) is 3. The Balaban J connectivity index is 1.54. The van der Waals surface area contributed by atoms with Crippen LogP contribution in [0.1, 0.15) is 22.6 Å². The lowest BCUT2D eigenvalue weighted by atomic mass is 10.1. The Morgan fingerprint density at radius 1 is 1.20 bits per heavy atom. The zero-order valence-corrected chi connectivity index (χ0v) is 15.1. The second-order valence-electron chi connectivity index (χ2n) is 6.58. The van der Waals surface area contributed by atoms with E-state index in [2.05, 4.69) is 10.1 Å². The van der Waals surface area contributed by atoms with Gasteiger partial charge in [-0.2, -0.15) is 0 Å². The molecule has 1 fully saturated rings. The molecule has 0 radical (unpaired) electrons. The van der Waals surface area contributed by atoms with Crippen molar-refractivity contribution in [1.29, 1.82) is 0 Å². The Kier molecular flexibility index (Phi) is 5.38. The third-order valence-electron chi connectivity index (χ3n) is 4.56. The Bertz CT molecular complexity index is 733. The molecule has 3 rings (SSSR count). The molecular weight excluding hydrogens is 318 g/mol. The number of carbonyl (C=O) groups excluding carboxylic acids is 1. The topological polar surface area (TPSA) is 58.8 Å². The summed E-state index contributed by atoms with van der Waals surface area (Å²) in [6.45, 7) is 7.87. The standard InChI is InChI=1S/C19H25N3O3/c1-14-4-5-18(24-3)16(10-14)12-19(23)22-8-6-21(7-9-22)13-17-11-15(2)25-20-17/h4-5,10-11H,6-9,12-13H2,1-3H3. The highest BCUT2D eigenvalue weighted by Gasteiger charge is 2.22. The number of carbonyl (C=O) groups is 1. The van der Waals surface area contributed by atoms with E-state index in [1.807, 2.05) is 43.0 Å². The summed E-state index contributed by atoms with van der Waals surface area (Å²) in [5.74, 6) is 1.76. The van der Waals surface area contributed by atoms with E-state index in [0.29, 0.717) is 6.42 Å². The van der Waals surface area contributed by atoms with E-state index in [1.165, 1.54) is 0 Å². The van der Waals surface area contributed by atoms with Crippen molar-refractivity contribution in [1.82, 2.24) is 15.0 Å². The quantitative estimate of drug-likeness (QED) is 0.833. The normalized spacial score (nSPS) is 15.4. The van der Waals surface area contributed by atoms with E-state index >= 15 is 0 Å². The van der Waals surface area contributed by atoms with Crippen molar-refractivity contribution in [3.63, 3.8) is 0 Å². The minimum Gasteiger partial charge on any atom is -0.496 e. The van der Waals surface area contributed by atoms with Crippen molar-refractivity contribution in [2.45, 2.75) is 26.8 Å². The lowest BCUT2D eigenvalue weighted by Crippen LogP contribution is -2.48. The number of hydrogen-bond acceptors (Lipinski definition) is 5. The van der Waals surface area contributed by atoms with Crippen LogP contribution in [0.4, 0.5) is 0 Å². The lowest BCUT2D eigenvalue weighted by molar-refractivity contribution is -0.132. The molecule has 2 aromatic rings. The maximum Gasteiger partial charge on any atom is 0.227 e. The van der Waals surface area contributed by atoms with Gasteiger partial charge in [0, 0.05) is 44.4 Å². The van der Waals surface area contributed by atoms with Gasteiger partial charge >= 0.3 is 0 Å². The van der Waals surface area contributed by atoms with Gasteiger partial charge in [0.15, 0.2) is 0 Å². The zero-order valence-electron chi connectivity index (χ0n) is 15.1. The highest BCUT2D eigenvalue weighted by Crippen LogP contribution is 2.21. The molecule has 134 valence electrons. The summed E-state index contributed by atoms with van der Waals surface area (Å²) in [5.41, 5.74) is 3.03. The number of hydrogen-bond donors (Lipinski definition) is 0. The number of benzene rings is 1. The number of piperazine rings is 1. The first kappa shape index (κ1) is 17.5. The summed E-state index contributed by atoms with van der Waals surface area (Å²) in [5, 5.41) is 4.04. The largest absolute Gasteiger partial charge is 0.496 e. The SMILES string of the molecule is COc1ccc(C)cc1CC(=O)N1CCN(Cc2cc(C)on2)CC1. The van der Waals surface area contributed by atoms with Crippen molar-refractivity contribution < 1.29 is 14.1 Å². The number of rotatable bonds is 5. The van der Waals surface area contributed by atoms with E-state index in [-0.39, 0.29) is 5.91 Å². The fourth-order valence-corrected chi connectivity index (χ4v) is 3.20. The van der Waals surface area contributed by atoms with Crippen LogP contribution in [-0.4, -0.2) is 54.2 Å². The van der Waals surface area contributed by atoms with Crippen LogP contribution < -0.4 is 4.74 Å². The average Bonchev–Trinajstić information content (AvgIpc) is 3.00. The monoisotopic (exact) mass is 343 g/mol. The van der Waals surface area contributed by atoms with Gasteiger partial charge in [-0.1, -0.05) is 22.9 Å². The van der Waals surface area contributed by atoms with Crippen LogP contribution in [0.15, 0.2) is 28.8 Å². The molecule has 0 saturated carbocycles. The molecule has 0 atom stereocenters. The van der Waals surface area contributed by atoms with Crippen LogP contribution in [0, 0.1) is 13.8 Å². The molecule has 2 heterocycles. The Morgan fingerprint density at radius 2 is 1.96 bits per heavy atom. The van der Waals surface area contributed by atoms with E-state index in [4.69, 9.17) is 9.26 Å². The van der Waals surface area contributed by atoms with E-state index in [0.717, 1.165) is 61.1 Å². The summed E-state index contributed by atoms with van der Waals surface area (Å²) in [6.07, 6.45) is 0.382. The van der Waals surface area contributed by atoms with Gasteiger partial charge in [-0.3, -0.25) is 9.69 Å². The van der Waals surface area contributed by atoms with Gasteiger partial charge in [-0.05, 0) is 19.9 Å². The maximum atomic E-state index is 12.6. The molecule has 0 N–H and O–H groups in total. The summed E-state index contributed by atoms with van der Waals surface area (Å²) < 4.78 is 10.5. The molecule has 6 nitrogen and oxygen atoms in total. The molecule has 1 amide bonds. The van der Waals surface area contributed by atoms with E-state index in [9.17, 15) is 4.79 Å². The van der Waals surface area contributed by atoms with Crippen molar-refractivity contribution in [3.8, 4) is 5.75 Å². The van der Waals surface area contributed by atoms with Gasteiger partial charge in [0.05, 0.1) is 19.2 Å². The smallest absolute Gasteiger partial charge is 0.227 e. The minimum atomic E-state index is 0.154. The molecule has 1 saturated heterocycles. The highest BCUT2D eigenvalue weighted by molar-refractivity contribution is 5.79. The first-order valence-corrected chi connectivity index (χ1v) is 8.61. The number of amides is 1. The van der Waals surface area contributed by atoms with Crippen LogP contribution in [-0.2, 0) is 17.8 Å². The van der Waals surface area contributed by atoms with Gasteiger partial charge in [0.2, 0.25) is 5.91 Å². The highest BCUT2D eigenvalue weighted by atomic mass is 16.5. The Hall–Kier alpha value is -2.34. The van der Waals surface area contributed by atoms with Gasteiger partial charge in [0.25, 0.3) is 0 Å². The minimum absolute atomic E-state index is 0.154. The fraction of sp³-hybridized carbons (Fsp3) is 0.474. The first-order chi connectivity index (χ1) is 12.0. The number of methoxy groups -OCH3 is 1. The van der Waals surface area contributed by atoms with Crippen molar-refractivity contribution in [2.24, 2.45) is 0 Å². The summed E-state index contributed by atoms with van der Waals surface area (Å²) in [7, 11) is 1.64. The summed E-state index contributed by atoms with van der Waals surface area (Å²) >= 11 is 0. The molecular formula is C19H25N3O3. The predicted octanol–water partition coefficient (Wildman–Crippen LogP) is 2.19. The predicted molar refractivity (Wildman–Crippen MR) is 94.5 cm³/mol. The number of aryl methyl sites for hydroxylation is 2. The van der Waals surface area contributed by atoms with Crippen molar-refractivity contribution in [2.75, 3.05) is 33.3 Å². The van der Waals surface area contributed by atoms with Crippen LogP contribution in [0.2, 0.25) is 0 Å². The van der Waals surface area contributed by atoms with Crippen LogP contribution in [0.5, 0.6) is 5.75 Å². The lowest BCUT2D eigenvalue weighted by Gasteiger charge is -2.34. The van der Waals surface area contributed by atoms with Crippen LogP contribution in [0.25, 0.3) is 0 Å². The summed E-state index contributed by atoms with van der Waals surface area (Å²) in [4.78, 5) is 16.9. The van der Waals surface area contributed by atoms with Gasteiger partial charge in [-0.25, -0.2) is 0 Å². The van der Waals surface area contributed by atoms with Crippen LogP contribution >= 0.6 is 0 Å². The molecule has 0 unspecified atom stereocenters. The van der Waals surface area contributed by atoms with E-state index in [1.54, 1.807) is 7.11 Å². The zero-order chi connectivity index (χ0) is 17.8. The fourth-order valence-electron chi connectivity index (χ4n) is 3.20. The molecule has 1 aliphatic rings. The molecule has 0 aliphatic carbocycles. The third-order valence-corrected chi connectivity index (χ3v) is 4.56. The molecule has 1 aliphatic heterocycles. The molecule has 0 spiro atoms.